The molecule has 168 valence electrons. The summed E-state index contributed by atoms with van der Waals surface area (Å²) in [4.78, 5) is 12.5. The number of hydrogen-bond acceptors (Lipinski definition) is 4. The van der Waals surface area contributed by atoms with E-state index in [0.29, 0.717) is 27.7 Å². The molecule has 6 nitrogen and oxygen atoms in total. The van der Waals surface area contributed by atoms with E-state index in [4.69, 9.17) is 4.74 Å². The van der Waals surface area contributed by atoms with Gasteiger partial charge in [0.1, 0.15) is 5.69 Å². The van der Waals surface area contributed by atoms with Gasteiger partial charge in [0.25, 0.3) is 5.91 Å². The van der Waals surface area contributed by atoms with E-state index in [2.05, 4.69) is 5.32 Å². The zero-order chi connectivity index (χ0) is 23.3. The molecule has 0 saturated heterocycles. The number of para-hydroxylation sites is 1. The van der Waals surface area contributed by atoms with Crippen LogP contribution in [0.25, 0.3) is 0 Å². The highest BCUT2D eigenvalue weighted by Gasteiger charge is 2.24. The topological polar surface area (TPSA) is 75.7 Å². The van der Waals surface area contributed by atoms with E-state index in [1.165, 1.54) is 24.3 Å². The van der Waals surface area contributed by atoms with Crippen LogP contribution in [0.3, 0.4) is 0 Å². The third-order valence-corrected chi connectivity index (χ3v) is 5.74. The van der Waals surface area contributed by atoms with Crippen LogP contribution in [-0.4, -0.2) is 27.7 Å². The van der Waals surface area contributed by atoms with Crippen molar-refractivity contribution in [2.45, 2.75) is 13.2 Å². The first-order valence-electron chi connectivity index (χ1n) is 9.59. The Morgan fingerprint density at radius 3 is 2.19 bits per heavy atom. The van der Waals surface area contributed by atoms with Gasteiger partial charge in [0.05, 0.1) is 19.4 Å². The van der Waals surface area contributed by atoms with Crippen LogP contribution in [0.1, 0.15) is 21.5 Å². The average molecular weight is 461 g/mol. The van der Waals surface area contributed by atoms with Crippen LogP contribution < -0.4 is 9.62 Å². The molecule has 0 radical (unpaired) electrons. The van der Waals surface area contributed by atoms with Gasteiger partial charge in [-0.3, -0.25) is 9.10 Å². The number of benzene rings is 3. The minimum atomic E-state index is -3.97. The number of carbonyl (C=O) groups is 1. The molecule has 1 N–H and O–H groups in total. The number of amides is 1. The number of carbonyl (C=O) groups excluding carboxylic acids is 1. The Kier molecular flexibility index (Phi) is 7.22. The number of sulfonamides is 1. The predicted molar refractivity (Wildman–Crippen MR) is 119 cm³/mol. The fourth-order valence-corrected chi connectivity index (χ4v) is 4.02. The third kappa shape index (κ3) is 5.68. The second-order valence-corrected chi connectivity index (χ2v) is 9.03. The number of halogens is 2. The fourth-order valence-electron chi connectivity index (χ4n) is 3.13. The van der Waals surface area contributed by atoms with Gasteiger partial charge in [-0.05, 0) is 47.5 Å². The van der Waals surface area contributed by atoms with E-state index in [1.807, 2.05) is 6.07 Å². The van der Waals surface area contributed by atoms with Crippen molar-refractivity contribution in [2.75, 3.05) is 23.0 Å². The monoisotopic (exact) mass is 460 g/mol. The van der Waals surface area contributed by atoms with Crippen LogP contribution in [0.5, 0.6) is 0 Å². The lowest BCUT2D eigenvalue weighted by molar-refractivity contribution is 0.102. The second-order valence-electron chi connectivity index (χ2n) is 7.12. The molecule has 32 heavy (non-hydrogen) atoms. The number of hydrogen-bond donors (Lipinski definition) is 1. The van der Waals surface area contributed by atoms with Gasteiger partial charge in [-0.15, -0.1) is 0 Å². The lowest BCUT2D eigenvalue weighted by Gasteiger charge is -2.23. The van der Waals surface area contributed by atoms with Crippen LogP contribution in [0.4, 0.5) is 20.2 Å². The van der Waals surface area contributed by atoms with E-state index >= 15 is 0 Å². The molecular weight excluding hydrogens is 438 g/mol. The van der Waals surface area contributed by atoms with Crippen molar-refractivity contribution in [1.29, 1.82) is 0 Å². The molecule has 0 aromatic heterocycles. The average Bonchev–Trinajstić information content (AvgIpc) is 2.73. The maximum Gasteiger partial charge on any atom is 0.255 e. The van der Waals surface area contributed by atoms with Gasteiger partial charge in [-0.1, -0.05) is 30.3 Å². The molecule has 3 rings (SSSR count). The minimum absolute atomic E-state index is 0.294. The van der Waals surface area contributed by atoms with E-state index < -0.39 is 27.3 Å². The predicted octanol–water partition coefficient (Wildman–Crippen LogP) is 4.33. The maximum absolute atomic E-state index is 14.2. The summed E-state index contributed by atoms with van der Waals surface area (Å²) in [5.74, 6) is -2.32. The standard InChI is InChI=1S/C23H22F2N2O4S/c1-31-15-17-5-3-6-19(13-17)26-23(28)18-11-9-16(10-12-18)14-27(32(2,29)30)22-20(24)7-4-8-21(22)25/h3-13H,14-15H2,1-2H3,(H,26,28). The Labute approximate surface area is 185 Å². The molecule has 0 aliphatic heterocycles. The Bertz CT molecular complexity index is 1190. The van der Waals surface area contributed by atoms with E-state index in [0.717, 1.165) is 30.0 Å². The van der Waals surface area contributed by atoms with Gasteiger partial charge in [0, 0.05) is 18.4 Å². The molecule has 9 heteroatoms. The van der Waals surface area contributed by atoms with Crippen LogP contribution in [0.2, 0.25) is 0 Å². The largest absolute Gasteiger partial charge is 0.380 e. The highest BCUT2D eigenvalue weighted by atomic mass is 32.2. The summed E-state index contributed by atoms with van der Waals surface area (Å²) in [6.07, 6.45) is 0.873. The number of methoxy groups -OCH3 is 1. The number of nitrogens with zero attached hydrogens (tertiary/aromatic N) is 1. The molecule has 3 aromatic carbocycles. The third-order valence-electron chi connectivity index (χ3n) is 4.63. The lowest BCUT2D eigenvalue weighted by Crippen LogP contribution is -2.31. The van der Waals surface area contributed by atoms with E-state index in [1.54, 1.807) is 25.3 Å². The molecular formula is C23H22F2N2O4S. The van der Waals surface area contributed by atoms with Crippen LogP contribution in [0.15, 0.2) is 66.7 Å². The smallest absolute Gasteiger partial charge is 0.255 e. The molecule has 1 amide bonds. The number of nitrogens with one attached hydrogen (secondary N) is 1. The first-order chi connectivity index (χ1) is 15.2. The van der Waals surface area contributed by atoms with E-state index in [9.17, 15) is 22.0 Å². The van der Waals surface area contributed by atoms with Crippen molar-refractivity contribution in [1.82, 2.24) is 0 Å². The van der Waals surface area contributed by atoms with Gasteiger partial charge in [0.2, 0.25) is 10.0 Å². The second kappa shape index (κ2) is 9.88. The van der Waals surface area contributed by atoms with Gasteiger partial charge >= 0.3 is 0 Å². The minimum Gasteiger partial charge on any atom is -0.380 e. The van der Waals surface area contributed by atoms with Gasteiger partial charge in [-0.2, -0.15) is 0 Å². The first-order valence-corrected chi connectivity index (χ1v) is 11.4. The van der Waals surface area contributed by atoms with Gasteiger partial charge in [-0.25, -0.2) is 17.2 Å². The highest BCUT2D eigenvalue weighted by molar-refractivity contribution is 7.92. The van der Waals surface area contributed by atoms with Crippen LogP contribution in [0, 0.1) is 11.6 Å². The maximum atomic E-state index is 14.2. The first kappa shape index (κ1) is 23.4. The molecule has 0 spiro atoms. The van der Waals surface area contributed by atoms with E-state index in [-0.39, 0.29) is 12.5 Å². The quantitative estimate of drug-likeness (QED) is 0.543. The van der Waals surface area contributed by atoms with Crippen molar-refractivity contribution in [3.63, 3.8) is 0 Å². The van der Waals surface area contributed by atoms with Crippen molar-refractivity contribution < 1.29 is 26.7 Å². The molecule has 0 fully saturated rings. The Hall–Kier alpha value is -3.30. The molecule has 0 aliphatic carbocycles. The van der Waals surface area contributed by atoms with Crippen LogP contribution >= 0.6 is 0 Å². The SMILES string of the molecule is COCc1cccc(NC(=O)c2ccc(CN(c3c(F)cccc3F)S(C)(=O)=O)cc2)c1. The van der Waals surface area contributed by atoms with Crippen molar-refractivity contribution in [3.05, 3.63) is 95.1 Å². The van der Waals surface area contributed by atoms with Crippen molar-refractivity contribution in [2.24, 2.45) is 0 Å². The molecule has 0 saturated carbocycles. The summed E-state index contributed by atoms with van der Waals surface area (Å²) in [7, 11) is -2.39. The Balaban J connectivity index is 1.78. The summed E-state index contributed by atoms with van der Waals surface area (Å²) < 4.78 is 58.5. The summed E-state index contributed by atoms with van der Waals surface area (Å²) in [6, 6.07) is 16.5. The van der Waals surface area contributed by atoms with Crippen molar-refractivity contribution in [3.8, 4) is 0 Å². The van der Waals surface area contributed by atoms with Gasteiger partial charge < -0.3 is 10.1 Å². The molecule has 0 unspecified atom stereocenters. The molecule has 0 atom stereocenters. The van der Waals surface area contributed by atoms with Crippen LogP contribution in [-0.2, 0) is 27.9 Å². The normalized spacial score (nSPS) is 11.2. The number of rotatable bonds is 8. The molecule has 0 bridgehead atoms. The Morgan fingerprint density at radius 1 is 0.969 bits per heavy atom. The number of ether oxygens (including phenoxy) is 1. The number of anilines is 2. The van der Waals surface area contributed by atoms with Crippen molar-refractivity contribution >= 4 is 27.3 Å². The lowest BCUT2D eigenvalue weighted by atomic mass is 10.1. The summed E-state index contributed by atoms with van der Waals surface area (Å²) in [5.41, 5.74) is 1.66. The molecule has 0 heterocycles. The molecule has 3 aromatic rings. The van der Waals surface area contributed by atoms with Gasteiger partial charge in [0.15, 0.2) is 11.6 Å². The molecule has 0 aliphatic rings. The summed E-state index contributed by atoms with van der Waals surface area (Å²) in [5, 5.41) is 2.78. The fraction of sp³-hybridized carbons (Fsp3) is 0.174. The highest BCUT2D eigenvalue weighted by Crippen LogP contribution is 2.27. The zero-order valence-corrected chi connectivity index (χ0v) is 18.3. The summed E-state index contributed by atoms with van der Waals surface area (Å²) in [6.45, 7) is 0.121. The Morgan fingerprint density at radius 2 is 1.59 bits per heavy atom. The summed E-state index contributed by atoms with van der Waals surface area (Å²) >= 11 is 0. The zero-order valence-electron chi connectivity index (χ0n) is 17.5.